The standard InChI is InChI=1S/C25H36O5Si/c1-17(19-15-22(27-6)24(29-8)23(16-19)28-7)13-18-11-12-20(26-5)21(14-18)30-31(9,10)25(2,3)4/h11-16H,1-10H3. The predicted molar refractivity (Wildman–Crippen MR) is 130 cm³/mol. The molecular weight excluding hydrogens is 408 g/mol. The van der Waals surface area contributed by atoms with Gasteiger partial charge in [-0.15, -0.1) is 0 Å². The SMILES string of the molecule is COc1ccc(C=C(C)c2cc(OC)c(OC)c(OC)c2)cc1O[Si](C)(C)C(C)(C)C. The largest absolute Gasteiger partial charge is 0.541 e. The molecule has 0 spiro atoms. The Hall–Kier alpha value is -2.60. The van der Waals surface area contributed by atoms with Crippen LogP contribution in [0.4, 0.5) is 0 Å². The third-order valence-corrected chi connectivity index (χ3v) is 10.2. The average Bonchev–Trinajstić information content (AvgIpc) is 2.71. The molecule has 0 heterocycles. The first kappa shape index (κ1) is 24.7. The van der Waals surface area contributed by atoms with E-state index in [4.69, 9.17) is 23.4 Å². The molecule has 0 bridgehead atoms. The van der Waals surface area contributed by atoms with Gasteiger partial charge in [0, 0.05) is 0 Å². The molecule has 0 amide bonds. The fraction of sp³-hybridized carbons (Fsp3) is 0.440. The highest BCUT2D eigenvalue weighted by atomic mass is 28.4. The number of hydrogen-bond donors (Lipinski definition) is 0. The van der Waals surface area contributed by atoms with Crippen LogP contribution in [-0.4, -0.2) is 36.8 Å². The molecule has 2 aromatic rings. The van der Waals surface area contributed by atoms with Gasteiger partial charge in [0.25, 0.3) is 8.32 Å². The second-order valence-corrected chi connectivity index (χ2v) is 13.7. The molecule has 0 fully saturated rings. The maximum Gasteiger partial charge on any atom is 0.250 e. The Bertz CT molecular complexity index is 916. The van der Waals surface area contributed by atoms with Crippen LogP contribution in [-0.2, 0) is 0 Å². The van der Waals surface area contributed by atoms with Crippen molar-refractivity contribution in [1.29, 1.82) is 0 Å². The quantitative estimate of drug-likeness (QED) is 0.336. The average molecular weight is 445 g/mol. The highest BCUT2D eigenvalue weighted by molar-refractivity contribution is 6.74. The van der Waals surface area contributed by atoms with E-state index in [0.29, 0.717) is 17.2 Å². The van der Waals surface area contributed by atoms with Crippen molar-refractivity contribution in [3.8, 4) is 28.7 Å². The van der Waals surface area contributed by atoms with Gasteiger partial charge in [0.15, 0.2) is 17.2 Å². The highest BCUT2D eigenvalue weighted by Crippen LogP contribution is 2.42. The van der Waals surface area contributed by atoms with Gasteiger partial charge in [0.2, 0.25) is 5.75 Å². The lowest BCUT2D eigenvalue weighted by atomic mass is 10.0. The monoisotopic (exact) mass is 444 g/mol. The highest BCUT2D eigenvalue weighted by Gasteiger charge is 2.39. The molecule has 170 valence electrons. The van der Waals surface area contributed by atoms with Gasteiger partial charge in [-0.05, 0) is 66.0 Å². The molecule has 31 heavy (non-hydrogen) atoms. The van der Waals surface area contributed by atoms with Crippen LogP contribution in [0.5, 0.6) is 28.7 Å². The molecule has 2 aromatic carbocycles. The van der Waals surface area contributed by atoms with E-state index in [1.807, 2.05) is 30.3 Å². The smallest absolute Gasteiger partial charge is 0.250 e. The van der Waals surface area contributed by atoms with E-state index in [9.17, 15) is 0 Å². The maximum atomic E-state index is 6.55. The summed E-state index contributed by atoms with van der Waals surface area (Å²) in [7, 11) is 4.51. The molecule has 2 rings (SSSR count). The van der Waals surface area contributed by atoms with Gasteiger partial charge in [-0.1, -0.05) is 32.9 Å². The third-order valence-electron chi connectivity index (χ3n) is 5.86. The summed E-state index contributed by atoms with van der Waals surface area (Å²) in [6.07, 6.45) is 2.11. The predicted octanol–water partition coefficient (Wildman–Crippen LogP) is 6.67. The summed E-state index contributed by atoms with van der Waals surface area (Å²) in [6, 6.07) is 9.92. The summed E-state index contributed by atoms with van der Waals surface area (Å²) >= 11 is 0. The van der Waals surface area contributed by atoms with E-state index in [1.54, 1.807) is 28.4 Å². The van der Waals surface area contributed by atoms with Crippen molar-refractivity contribution in [2.75, 3.05) is 28.4 Å². The molecule has 0 saturated carbocycles. The van der Waals surface area contributed by atoms with Crippen molar-refractivity contribution in [1.82, 2.24) is 0 Å². The number of methoxy groups -OCH3 is 4. The van der Waals surface area contributed by atoms with Gasteiger partial charge in [-0.2, -0.15) is 0 Å². The zero-order valence-electron chi connectivity index (χ0n) is 20.5. The first-order valence-corrected chi connectivity index (χ1v) is 13.2. The van der Waals surface area contributed by atoms with Crippen molar-refractivity contribution in [2.45, 2.75) is 45.8 Å². The number of rotatable bonds is 8. The molecule has 0 N–H and O–H groups in total. The summed E-state index contributed by atoms with van der Waals surface area (Å²) in [6.45, 7) is 13.2. The van der Waals surface area contributed by atoms with Crippen molar-refractivity contribution in [2.24, 2.45) is 0 Å². The normalized spacial score (nSPS) is 12.4. The zero-order chi connectivity index (χ0) is 23.4. The van der Waals surface area contributed by atoms with Gasteiger partial charge < -0.3 is 23.4 Å². The lowest BCUT2D eigenvalue weighted by Crippen LogP contribution is -2.43. The Morgan fingerprint density at radius 1 is 0.774 bits per heavy atom. The Kier molecular flexibility index (Phi) is 7.71. The first-order valence-electron chi connectivity index (χ1n) is 10.3. The van der Waals surface area contributed by atoms with E-state index < -0.39 is 8.32 Å². The number of ether oxygens (including phenoxy) is 4. The number of allylic oxidation sites excluding steroid dienone is 1. The summed E-state index contributed by atoms with van der Waals surface area (Å²) in [5.41, 5.74) is 3.07. The van der Waals surface area contributed by atoms with Crippen LogP contribution in [0.25, 0.3) is 11.6 Å². The van der Waals surface area contributed by atoms with Crippen LogP contribution in [0.1, 0.15) is 38.8 Å². The maximum absolute atomic E-state index is 6.55. The van der Waals surface area contributed by atoms with Crippen molar-refractivity contribution in [3.63, 3.8) is 0 Å². The van der Waals surface area contributed by atoms with Crippen molar-refractivity contribution in [3.05, 3.63) is 41.5 Å². The van der Waals surface area contributed by atoms with E-state index >= 15 is 0 Å². The molecule has 0 aromatic heterocycles. The molecule has 0 aliphatic carbocycles. The van der Waals surface area contributed by atoms with Gasteiger partial charge in [0.1, 0.15) is 5.75 Å². The summed E-state index contributed by atoms with van der Waals surface area (Å²) in [5, 5.41) is 0.0932. The minimum absolute atomic E-state index is 0.0932. The van der Waals surface area contributed by atoms with Crippen LogP contribution < -0.4 is 23.4 Å². The van der Waals surface area contributed by atoms with E-state index in [0.717, 1.165) is 28.2 Å². The van der Waals surface area contributed by atoms with E-state index in [-0.39, 0.29) is 5.04 Å². The van der Waals surface area contributed by atoms with Crippen molar-refractivity contribution >= 4 is 20.0 Å². The minimum Gasteiger partial charge on any atom is -0.541 e. The Balaban J connectivity index is 2.48. The summed E-state index contributed by atoms with van der Waals surface area (Å²) in [4.78, 5) is 0. The molecule has 0 saturated heterocycles. The molecule has 0 unspecified atom stereocenters. The fourth-order valence-corrected chi connectivity index (χ4v) is 3.95. The van der Waals surface area contributed by atoms with Crippen LogP contribution in [0.2, 0.25) is 18.1 Å². The third kappa shape index (κ3) is 5.56. The fourth-order valence-electron chi connectivity index (χ4n) is 2.93. The molecular formula is C25H36O5Si. The Morgan fingerprint density at radius 3 is 1.77 bits per heavy atom. The molecule has 5 nitrogen and oxygen atoms in total. The van der Waals surface area contributed by atoms with Gasteiger partial charge in [-0.3, -0.25) is 0 Å². The number of hydrogen-bond acceptors (Lipinski definition) is 5. The zero-order valence-corrected chi connectivity index (χ0v) is 21.5. The molecule has 0 radical (unpaired) electrons. The molecule has 6 heteroatoms. The van der Waals surface area contributed by atoms with Crippen LogP contribution in [0, 0.1) is 0 Å². The van der Waals surface area contributed by atoms with Gasteiger partial charge in [0.05, 0.1) is 28.4 Å². The van der Waals surface area contributed by atoms with Crippen molar-refractivity contribution < 1.29 is 23.4 Å². The lowest BCUT2D eigenvalue weighted by Gasteiger charge is -2.36. The Labute approximate surface area is 188 Å². The summed E-state index contributed by atoms with van der Waals surface area (Å²) in [5.74, 6) is 3.35. The molecule has 0 aliphatic heterocycles. The van der Waals surface area contributed by atoms with Crippen LogP contribution in [0.15, 0.2) is 30.3 Å². The number of benzene rings is 2. The second kappa shape index (κ2) is 9.69. The lowest BCUT2D eigenvalue weighted by molar-refractivity contribution is 0.324. The van der Waals surface area contributed by atoms with E-state index in [2.05, 4.69) is 46.9 Å². The topological polar surface area (TPSA) is 46.2 Å². The van der Waals surface area contributed by atoms with Gasteiger partial charge in [-0.25, -0.2) is 0 Å². The Morgan fingerprint density at radius 2 is 1.32 bits per heavy atom. The summed E-state index contributed by atoms with van der Waals surface area (Å²) < 4.78 is 28.5. The minimum atomic E-state index is -2.00. The molecule has 0 atom stereocenters. The van der Waals surface area contributed by atoms with Crippen LogP contribution in [0.3, 0.4) is 0 Å². The molecule has 0 aliphatic rings. The van der Waals surface area contributed by atoms with Crippen LogP contribution >= 0.6 is 0 Å². The van der Waals surface area contributed by atoms with E-state index in [1.165, 1.54) is 0 Å². The first-order chi connectivity index (χ1) is 14.5. The van der Waals surface area contributed by atoms with Gasteiger partial charge >= 0.3 is 0 Å². The second-order valence-electron chi connectivity index (χ2n) is 9.01.